The highest BCUT2D eigenvalue weighted by Crippen LogP contribution is 2.25. The number of nitrogens with one attached hydrogen (secondary N) is 1. The Morgan fingerprint density at radius 1 is 1.21 bits per heavy atom. The highest BCUT2D eigenvalue weighted by Gasteiger charge is 2.15. The van der Waals surface area contributed by atoms with Gasteiger partial charge in [-0.25, -0.2) is 0 Å². The van der Waals surface area contributed by atoms with Crippen molar-refractivity contribution >= 4 is 29.3 Å². The number of benzene rings is 1. The van der Waals surface area contributed by atoms with E-state index in [1.807, 2.05) is 35.8 Å². The van der Waals surface area contributed by atoms with Crippen molar-refractivity contribution in [1.29, 1.82) is 0 Å². The molecule has 0 bridgehead atoms. The number of carbonyl (C=O) groups is 1. The molecule has 24 heavy (non-hydrogen) atoms. The Balaban J connectivity index is 2.06. The maximum Gasteiger partial charge on any atom is 0.230 e. The van der Waals surface area contributed by atoms with Gasteiger partial charge in [0.2, 0.25) is 5.91 Å². The van der Waals surface area contributed by atoms with E-state index >= 15 is 0 Å². The fourth-order valence-corrected chi connectivity index (χ4v) is 3.32. The average Bonchev–Trinajstić information content (AvgIpc) is 3.01. The number of rotatable bonds is 8. The molecule has 0 spiro atoms. The highest BCUT2D eigenvalue weighted by atomic mass is 35.5. The van der Waals surface area contributed by atoms with Crippen LogP contribution in [0.4, 0.5) is 0 Å². The molecule has 0 atom stereocenters. The quantitative estimate of drug-likeness (QED) is 0.717. The zero-order chi connectivity index (χ0) is 17.5. The van der Waals surface area contributed by atoms with Crippen molar-refractivity contribution in [3.8, 4) is 11.4 Å². The topological polar surface area (TPSA) is 59.8 Å². The number of halogens is 1. The number of hydrogen-bond acceptors (Lipinski definition) is 4. The Kier molecular flexibility index (Phi) is 7.12. The van der Waals surface area contributed by atoms with Crippen LogP contribution in [-0.4, -0.2) is 32.5 Å². The summed E-state index contributed by atoms with van der Waals surface area (Å²) in [5, 5.41) is 13.0. The van der Waals surface area contributed by atoms with E-state index in [9.17, 15) is 4.79 Å². The molecular formula is C17H23ClN4OS. The molecule has 5 nitrogen and oxygen atoms in total. The summed E-state index contributed by atoms with van der Waals surface area (Å²) in [5.41, 5.74) is 0.960. The number of aromatic nitrogens is 3. The lowest BCUT2D eigenvalue weighted by atomic mass is 10.2. The Bertz CT molecular complexity index is 668. The van der Waals surface area contributed by atoms with Gasteiger partial charge in [0.05, 0.1) is 5.75 Å². The van der Waals surface area contributed by atoms with Crippen LogP contribution in [0.3, 0.4) is 0 Å². The summed E-state index contributed by atoms with van der Waals surface area (Å²) < 4.78 is 2.01. The summed E-state index contributed by atoms with van der Waals surface area (Å²) >= 11 is 7.35. The van der Waals surface area contributed by atoms with Crippen LogP contribution in [-0.2, 0) is 11.3 Å². The molecule has 2 rings (SSSR count). The number of carbonyl (C=O) groups excluding carboxylic acids is 1. The van der Waals surface area contributed by atoms with Crippen molar-refractivity contribution in [3.63, 3.8) is 0 Å². The summed E-state index contributed by atoms with van der Waals surface area (Å²) in [6.45, 7) is 6.93. The Labute approximate surface area is 152 Å². The van der Waals surface area contributed by atoms with E-state index < -0.39 is 0 Å². The second-order valence-electron chi connectivity index (χ2n) is 5.43. The van der Waals surface area contributed by atoms with Gasteiger partial charge in [-0.2, -0.15) is 0 Å². The van der Waals surface area contributed by atoms with E-state index in [0.717, 1.165) is 35.9 Å². The molecule has 0 aliphatic carbocycles. The third-order valence-electron chi connectivity index (χ3n) is 3.82. The van der Waals surface area contributed by atoms with Crippen molar-refractivity contribution < 1.29 is 4.79 Å². The van der Waals surface area contributed by atoms with E-state index in [4.69, 9.17) is 11.6 Å². The number of nitrogens with zero attached hydrogens (tertiary/aromatic N) is 3. The minimum Gasteiger partial charge on any atom is -0.353 e. The van der Waals surface area contributed by atoms with Gasteiger partial charge in [-0.05, 0) is 44.0 Å². The number of amides is 1. The van der Waals surface area contributed by atoms with Gasteiger partial charge in [-0.1, -0.05) is 37.2 Å². The van der Waals surface area contributed by atoms with E-state index in [0.29, 0.717) is 10.8 Å². The lowest BCUT2D eigenvalue weighted by molar-refractivity contribution is -0.119. The van der Waals surface area contributed by atoms with Gasteiger partial charge in [0, 0.05) is 23.2 Å². The summed E-state index contributed by atoms with van der Waals surface area (Å²) in [5.74, 6) is 1.17. The predicted octanol–water partition coefficient (Wildman–Crippen LogP) is 4.02. The summed E-state index contributed by atoms with van der Waals surface area (Å²) in [6, 6.07) is 7.76. The van der Waals surface area contributed by atoms with Gasteiger partial charge in [0.1, 0.15) is 0 Å². The monoisotopic (exact) mass is 366 g/mol. The molecule has 0 aliphatic rings. The van der Waals surface area contributed by atoms with Crippen molar-refractivity contribution in [2.75, 3.05) is 5.75 Å². The van der Waals surface area contributed by atoms with Crippen molar-refractivity contribution in [2.45, 2.75) is 51.4 Å². The van der Waals surface area contributed by atoms with Gasteiger partial charge >= 0.3 is 0 Å². The van der Waals surface area contributed by atoms with Crippen molar-refractivity contribution in [1.82, 2.24) is 20.1 Å². The second kappa shape index (κ2) is 9.08. The minimum atomic E-state index is 0.0346. The van der Waals surface area contributed by atoms with E-state index in [1.54, 1.807) is 0 Å². The van der Waals surface area contributed by atoms with Gasteiger partial charge in [-0.15, -0.1) is 10.2 Å². The maximum atomic E-state index is 12.1. The normalized spacial score (nSPS) is 11.0. The van der Waals surface area contributed by atoms with Crippen LogP contribution in [0.15, 0.2) is 29.4 Å². The summed E-state index contributed by atoms with van der Waals surface area (Å²) in [6.07, 6.45) is 1.89. The van der Waals surface area contributed by atoms with Gasteiger partial charge in [0.25, 0.3) is 0 Å². The summed E-state index contributed by atoms with van der Waals surface area (Å²) in [7, 11) is 0. The van der Waals surface area contributed by atoms with Crippen LogP contribution in [0.2, 0.25) is 5.02 Å². The van der Waals surface area contributed by atoms with Crippen LogP contribution in [0, 0.1) is 0 Å². The molecule has 0 saturated carbocycles. The van der Waals surface area contributed by atoms with Crippen LogP contribution >= 0.6 is 23.4 Å². The molecule has 0 fully saturated rings. The van der Waals surface area contributed by atoms with Gasteiger partial charge in [0.15, 0.2) is 11.0 Å². The van der Waals surface area contributed by atoms with Gasteiger partial charge < -0.3 is 9.88 Å². The zero-order valence-corrected chi connectivity index (χ0v) is 15.8. The van der Waals surface area contributed by atoms with E-state index in [2.05, 4.69) is 29.4 Å². The molecular weight excluding hydrogens is 344 g/mol. The molecule has 1 aromatic carbocycles. The van der Waals surface area contributed by atoms with Crippen LogP contribution < -0.4 is 5.32 Å². The number of thioether (sulfide) groups is 1. The second-order valence-corrected chi connectivity index (χ2v) is 6.81. The molecule has 1 aromatic heterocycles. The van der Waals surface area contributed by atoms with Crippen LogP contribution in [0.5, 0.6) is 0 Å². The molecule has 130 valence electrons. The molecule has 7 heteroatoms. The lowest BCUT2D eigenvalue weighted by Gasteiger charge is -2.14. The Hall–Kier alpha value is -1.53. The Morgan fingerprint density at radius 2 is 1.88 bits per heavy atom. The third kappa shape index (κ3) is 4.74. The number of hydrogen-bond donors (Lipinski definition) is 1. The first-order valence-electron chi connectivity index (χ1n) is 8.20. The zero-order valence-electron chi connectivity index (χ0n) is 14.3. The van der Waals surface area contributed by atoms with E-state index in [-0.39, 0.29) is 11.9 Å². The molecule has 2 aromatic rings. The highest BCUT2D eigenvalue weighted by molar-refractivity contribution is 7.99. The Morgan fingerprint density at radius 3 is 2.46 bits per heavy atom. The molecule has 1 heterocycles. The van der Waals surface area contributed by atoms with Crippen molar-refractivity contribution in [2.24, 2.45) is 0 Å². The first-order chi connectivity index (χ1) is 11.6. The average molecular weight is 367 g/mol. The largest absolute Gasteiger partial charge is 0.353 e. The minimum absolute atomic E-state index is 0.0346. The molecule has 0 radical (unpaired) electrons. The third-order valence-corrected chi connectivity index (χ3v) is 5.04. The molecule has 0 saturated heterocycles. The van der Waals surface area contributed by atoms with Crippen molar-refractivity contribution in [3.05, 3.63) is 29.3 Å². The molecule has 1 N–H and O–H groups in total. The van der Waals surface area contributed by atoms with Gasteiger partial charge in [-0.3, -0.25) is 4.79 Å². The van der Waals surface area contributed by atoms with E-state index in [1.165, 1.54) is 11.8 Å². The molecule has 0 aliphatic heterocycles. The molecule has 1 amide bonds. The fourth-order valence-electron chi connectivity index (χ4n) is 2.39. The predicted molar refractivity (Wildman–Crippen MR) is 99.4 cm³/mol. The van der Waals surface area contributed by atoms with Crippen LogP contribution in [0.1, 0.15) is 33.6 Å². The first-order valence-corrected chi connectivity index (χ1v) is 9.56. The standard InChI is InChI=1S/C17H23ClN4OS/c1-4-14(5-2)19-15(23)11-24-17-21-20-16(22(17)6-3)12-7-9-13(18)10-8-12/h7-10,14H,4-6,11H2,1-3H3,(H,19,23). The maximum absolute atomic E-state index is 12.1. The smallest absolute Gasteiger partial charge is 0.230 e. The summed E-state index contributed by atoms with van der Waals surface area (Å²) in [4.78, 5) is 12.1. The molecule has 0 unspecified atom stereocenters. The first kappa shape index (κ1) is 18.8. The SMILES string of the molecule is CCC(CC)NC(=O)CSc1nnc(-c2ccc(Cl)cc2)n1CC. The fraction of sp³-hybridized carbons (Fsp3) is 0.471. The van der Waals surface area contributed by atoms with Crippen LogP contribution in [0.25, 0.3) is 11.4 Å². The lowest BCUT2D eigenvalue weighted by Crippen LogP contribution is -2.35.